The summed E-state index contributed by atoms with van der Waals surface area (Å²) in [5.74, 6) is 0.00407. The first-order valence-corrected chi connectivity index (χ1v) is 5.47. The van der Waals surface area contributed by atoms with Crippen molar-refractivity contribution in [3.63, 3.8) is 0 Å². The normalized spacial score (nSPS) is 20.9. The first-order chi connectivity index (χ1) is 6.41. The van der Waals surface area contributed by atoms with Crippen molar-refractivity contribution in [3.8, 4) is 0 Å². The van der Waals surface area contributed by atoms with Gasteiger partial charge < -0.3 is 11.1 Å². The summed E-state index contributed by atoms with van der Waals surface area (Å²) in [6, 6.07) is -0.0287. The lowest BCUT2D eigenvalue weighted by molar-refractivity contribution is -0.125. The fraction of sp³-hybridized carbons (Fsp3) is 0.909. The zero-order valence-electron chi connectivity index (χ0n) is 9.47. The lowest BCUT2D eigenvalue weighted by atomic mass is 9.87. The Kier molecular flexibility index (Phi) is 3.53. The lowest BCUT2D eigenvalue weighted by Gasteiger charge is -2.27. The third kappa shape index (κ3) is 2.98. The van der Waals surface area contributed by atoms with E-state index in [1.165, 1.54) is 12.8 Å². The van der Waals surface area contributed by atoms with Gasteiger partial charge in [-0.15, -0.1) is 0 Å². The predicted octanol–water partition coefficient (Wildman–Crippen LogP) is 1.42. The summed E-state index contributed by atoms with van der Waals surface area (Å²) >= 11 is 0. The number of carbonyl (C=O) groups is 1. The highest BCUT2D eigenvalue weighted by Crippen LogP contribution is 2.20. The molecule has 0 aromatic rings. The Morgan fingerprint density at radius 3 is 2.29 bits per heavy atom. The smallest absolute Gasteiger partial charge is 0.237 e. The van der Waals surface area contributed by atoms with Gasteiger partial charge in [-0.05, 0) is 18.3 Å². The van der Waals surface area contributed by atoms with Gasteiger partial charge in [-0.25, -0.2) is 0 Å². The molecule has 0 aromatic carbocycles. The van der Waals surface area contributed by atoms with Crippen LogP contribution in [0.4, 0.5) is 0 Å². The molecule has 0 spiro atoms. The van der Waals surface area contributed by atoms with Gasteiger partial charge in [0.25, 0.3) is 0 Å². The third-order valence-corrected chi connectivity index (χ3v) is 2.92. The molecule has 1 rings (SSSR count). The van der Waals surface area contributed by atoms with E-state index in [0.29, 0.717) is 6.04 Å². The molecule has 0 heterocycles. The minimum absolute atomic E-state index is 0.00407. The van der Waals surface area contributed by atoms with Crippen LogP contribution in [0.1, 0.15) is 46.5 Å². The molecule has 1 saturated carbocycles. The molecule has 0 bridgehead atoms. The van der Waals surface area contributed by atoms with Gasteiger partial charge in [0.05, 0.1) is 6.04 Å². The molecule has 3 nitrogen and oxygen atoms in total. The average molecular weight is 198 g/mol. The molecule has 1 amide bonds. The molecule has 0 aliphatic heterocycles. The van der Waals surface area contributed by atoms with Crippen molar-refractivity contribution in [3.05, 3.63) is 0 Å². The van der Waals surface area contributed by atoms with Crippen LogP contribution in [0, 0.1) is 5.41 Å². The van der Waals surface area contributed by atoms with Crippen LogP contribution < -0.4 is 11.1 Å². The second kappa shape index (κ2) is 4.30. The second-order valence-corrected chi connectivity index (χ2v) is 5.33. The van der Waals surface area contributed by atoms with Crippen LogP contribution in [-0.2, 0) is 4.79 Å². The van der Waals surface area contributed by atoms with Gasteiger partial charge >= 0.3 is 0 Å². The largest absolute Gasteiger partial charge is 0.352 e. The van der Waals surface area contributed by atoms with Crippen molar-refractivity contribution in [1.29, 1.82) is 0 Å². The van der Waals surface area contributed by atoms with Gasteiger partial charge in [0.2, 0.25) is 5.91 Å². The molecule has 0 saturated heterocycles. The molecule has 1 unspecified atom stereocenters. The first kappa shape index (κ1) is 11.5. The van der Waals surface area contributed by atoms with Crippen molar-refractivity contribution in [2.45, 2.75) is 58.5 Å². The molecule has 3 heteroatoms. The van der Waals surface area contributed by atoms with Crippen LogP contribution in [0.2, 0.25) is 0 Å². The van der Waals surface area contributed by atoms with Gasteiger partial charge in [-0.1, -0.05) is 33.6 Å². The Labute approximate surface area is 86.4 Å². The Morgan fingerprint density at radius 1 is 1.36 bits per heavy atom. The van der Waals surface area contributed by atoms with Gasteiger partial charge in [-0.3, -0.25) is 4.79 Å². The molecule has 1 aliphatic carbocycles. The Balaban J connectivity index is 2.41. The van der Waals surface area contributed by atoms with Crippen LogP contribution in [-0.4, -0.2) is 18.0 Å². The SMILES string of the molecule is CC(C)(C)C(N)C(=O)NC1CCCC1. The van der Waals surface area contributed by atoms with E-state index in [9.17, 15) is 4.79 Å². The summed E-state index contributed by atoms with van der Waals surface area (Å²) in [6.07, 6.45) is 4.69. The molecule has 3 N–H and O–H groups in total. The average Bonchev–Trinajstić information content (AvgIpc) is 2.53. The maximum Gasteiger partial charge on any atom is 0.237 e. The predicted molar refractivity (Wildman–Crippen MR) is 57.8 cm³/mol. The van der Waals surface area contributed by atoms with Crippen molar-refractivity contribution in [2.75, 3.05) is 0 Å². The monoisotopic (exact) mass is 198 g/mol. The van der Waals surface area contributed by atoms with Gasteiger partial charge in [0.15, 0.2) is 0 Å². The molecule has 1 atom stereocenters. The topological polar surface area (TPSA) is 55.1 Å². The summed E-state index contributed by atoms with van der Waals surface area (Å²) in [5, 5.41) is 3.02. The van der Waals surface area contributed by atoms with Gasteiger partial charge in [-0.2, -0.15) is 0 Å². The minimum Gasteiger partial charge on any atom is -0.352 e. The van der Waals surface area contributed by atoms with Crippen molar-refractivity contribution in [1.82, 2.24) is 5.32 Å². The maximum absolute atomic E-state index is 11.7. The molecule has 14 heavy (non-hydrogen) atoms. The Morgan fingerprint density at radius 2 is 1.86 bits per heavy atom. The van der Waals surface area contributed by atoms with Crippen molar-refractivity contribution >= 4 is 5.91 Å². The van der Waals surface area contributed by atoms with Crippen LogP contribution in [0.25, 0.3) is 0 Å². The van der Waals surface area contributed by atoms with Crippen LogP contribution in [0.3, 0.4) is 0 Å². The standard InChI is InChI=1S/C11H22N2O/c1-11(2,3)9(12)10(14)13-8-6-4-5-7-8/h8-9H,4-7,12H2,1-3H3,(H,13,14). The lowest BCUT2D eigenvalue weighted by Crippen LogP contribution is -2.50. The number of amides is 1. The van der Waals surface area contributed by atoms with Crippen molar-refractivity contribution < 1.29 is 4.79 Å². The number of nitrogens with one attached hydrogen (secondary N) is 1. The number of rotatable bonds is 2. The summed E-state index contributed by atoms with van der Waals surface area (Å²) in [5.41, 5.74) is 5.71. The van der Waals surface area contributed by atoms with E-state index in [2.05, 4.69) is 5.32 Å². The zero-order chi connectivity index (χ0) is 10.8. The summed E-state index contributed by atoms with van der Waals surface area (Å²) in [6.45, 7) is 5.98. The summed E-state index contributed by atoms with van der Waals surface area (Å²) < 4.78 is 0. The maximum atomic E-state index is 11.7. The third-order valence-electron chi connectivity index (χ3n) is 2.92. The number of carbonyl (C=O) groups excluding carboxylic acids is 1. The number of hydrogen-bond acceptors (Lipinski definition) is 2. The van der Waals surface area contributed by atoms with E-state index in [1.54, 1.807) is 0 Å². The first-order valence-electron chi connectivity index (χ1n) is 5.47. The molecular formula is C11H22N2O. The van der Waals surface area contributed by atoms with E-state index in [1.807, 2.05) is 20.8 Å². The Hall–Kier alpha value is -0.570. The molecule has 82 valence electrons. The molecular weight excluding hydrogens is 176 g/mol. The molecule has 0 radical (unpaired) electrons. The van der Waals surface area contributed by atoms with E-state index < -0.39 is 6.04 Å². The van der Waals surface area contributed by atoms with Crippen LogP contribution >= 0.6 is 0 Å². The fourth-order valence-electron chi connectivity index (χ4n) is 1.75. The van der Waals surface area contributed by atoms with E-state index in [-0.39, 0.29) is 11.3 Å². The fourth-order valence-corrected chi connectivity index (χ4v) is 1.75. The van der Waals surface area contributed by atoms with E-state index in [4.69, 9.17) is 5.73 Å². The van der Waals surface area contributed by atoms with Gasteiger partial charge in [0, 0.05) is 6.04 Å². The number of nitrogens with two attached hydrogens (primary N) is 1. The minimum atomic E-state index is -0.400. The quantitative estimate of drug-likeness (QED) is 0.705. The molecule has 1 aliphatic rings. The highest BCUT2D eigenvalue weighted by Gasteiger charge is 2.29. The molecule has 1 fully saturated rings. The van der Waals surface area contributed by atoms with Crippen LogP contribution in [0.15, 0.2) is 0 Å². The zero-order valence-corrected chi connectivity index (χ0v) is 9.47. The molecule has 0 aromatic heterocycles. The van der Waals surface area contributed by atoms with Gasteiger partial charge in [0.1, 0.15) is 0 Å². The second-order valence-electron chi connectivity index (χ2n) is 5.33. The summed E-state index contributed by atoms with van der Waals surface area (Å²) in [4.78, 5) is 11.7. The summed E-state index contributed by atoms with van der Waals surface area (Å²) in [7, 11) is 0. The van der Waals surface area contributed by atoms with E-state index in [0.717, 1.165) is 12.8 Å². The van der Waals surface area contributed by atoms with Crippen molar-refractivity contribution in [2.24, 2.45) is 11.1 Å². The highest BCUT2D eigenvalue weighted by molar-refractivity contribution is 5.82. The number of hydrogen-bond donors (Lipinski definition) is 2. The highest BCUT2D eigenvalue weighted by atomic mass is 16.2. The Bertz CT molecular complexity index is 202. The van der Waals surface area contributed by atoms with E-state index >= 15 is 0 Å². The van der Waals surface area contributed by atoms with Crippen LogP contribution in [0.5, 0.6) is 0 Å².